The van der Waals surface area contributed by atoms with Gasteiger partial charge in [0.15, 0.2) is 0 Å². The standard InChI is InChI=1S/C15H18N4O4/c16-18(10-20)14(21)13-7-6-12-8-17(13)15(22)19(12)23-9-11-4-2-1-3-5-11/h1-5,10,12-13H,6-9,16H2. The highest BCUT2D eigenvalue weighted by Gasteiger charge is 2.48. The number of urea groups is 1. The molecular weight excluding hydrogens is 300 g/mol. The molecule has 122 valence electrons. The molecule has 2 N–H and O–H groups in total. The zero-order valence-electron chi connectivity index (χ0n) is 12.5. The first-order chi connectivity index (χ1) is 11.1. The SMILES string of the molecule is NN(C=O)C(=O)C1CCC2CN1C(=O)N2OCc1ccccc1. The molecule has 0 aliphatic carbocycles. The summed E-state index contributed by atoms with van der Waals surface area (Å²) in [5.41, 5.74) is 0.957. The van der Waals surface area contributed by atoms with Gasteiger partial charge < -0.3 is 4.90 Å². The molecule has 0 radical (unpaired) electrons. The van der Waals surface area contributed by atoms with E-state index in [4.69, 9.17) is 10.7 Å². The summed E-state index contributed by atoms with van der Waals surface area (Å²) in [6, 6.07) is 8.38. The molecule has 2 bridgehead atoms. The summed E-state index contributed by atoms with van der Waals surface area (Å²) >= 11 is 0. The van der Waals surface area contributed by atoms with Crippen molar-refractivity contribution in [2.45, 2.75) is 31.5 Å². The zero-order chi connectivity index (χ0) is 16.4. The number of nitrogens with zero attached hydrogens (tertiary/aromatic N) is 3. The number of benzene rings is 1. The Kier molecular flexibility index (Phi) is 4.26. The number of fused-ring (bicyclic) bond motifs is 2. The molecule has 8 nitrogen and oxygen atoms in total. The number of nitrogens with two attached hydrogens (primary N) is 1. The van der Waals surface area contributed by atoms with Gasteiger partial charge in [-0.1, -0.05) is 30.3 Å². The lowest BCUT2D eigenvalue weighted by atomic mass is 10.0. The summed E-state index contributed by atoms with van der Waals surface area (Å²) < 4.78 is 0. The summed E-state index contributed by atoms with van der Waals surface area (Å²) in [5.74, 6) is 4.75. The minimum absolute atomic E-state index is 0.0854. The second kappa shape index (κ2) is 6.35. The van der Waals surface area contributed by atoms with Crippen LogP contribution in [0.2, 0.25) is 0 Å². The van der Waals surface area contributed by atoms with Crippen molar-refractivity contribution in [3.8, 4) is 0 Å². The lowest BCUT2D eigenvalue weighted by molar-refractivity contribution is -0.143. The summed E-state index contributed by atoms with van der Waals surface area (Å²) in [7, 11) is 0. The average Bonchev–Trinajstić information content (AvgIpc) is 2.84. The number of carbonyl (C=O) groups excluding carboxylic acids is 3. The Morgan fingerprint density at radius 1 is 1.35 bits per heavy atom. The van der Waals surface area contributed by atoms with Crippen molar-refractivity contribution in [1.82, 2.24) is 15.0 Å². The van der Waals surface area contributed by atoms with Crippen molar-refractivity contribution in [2.75, 3.05) is 6.54 Å². The lowest BCUT2D eigenvalue weighted by Gasteiger charge is -2.30. The number of amides is 4. The van der Waals surface area contributed by atoms with Gasteiger partial charge in [-0.05, 0) is 18.4 Å². The molecule has 0 saturated carbocycles. The Labute approximate surface area is 133 Å². The van der Waals surface area contributed by atoms with Crippen molar-refractivity contribution >= 4 is 18.3 Å². The molecule has 0 spiro atoms. The molecule has 3 rings (SSSR count). The van der Waals surface area contributed by atoms with E-state index in [1.54, 1.807) is 0 Å². The van der Waals surface area contributed by atoms with Crippen molar-refractivity contribution < 1.29 is 19.2 Å². The summed E-state index contributed by atoms with van der Waals surface area (Å²) in [5, 5.41) is 1.83. The maximum absolute atomic E-state index is 12.5. The van der Waals surface area contributed by atoms with E-state index in [2.05, 4.69) is 0 Å². The van der Waals surface area contributed by atoms with Crippen molar-refractivity contribution in [3.05, 3.63) is 35.9 Å². The minimum atomic E-state index is -0.709. The second-order valence-corrected chi connectivity index (χ2v) is 5.62. The van der Waals surface area contributed by atoms with Gasteiger partial charge >= 0.3 is 6.03 Å². The van der Waals surface area contributed by atoms with E-state index in [-0.39, 0.29) is 25.1 Å². The number of imide groups is 1. The van der Waals surface area contributed by atoms with Gasteiger partial charge in [0.1, 0.15) is 12.6 Å². The van der Waals surface area contributed by atoms with Gasteiger partial charge in [0.25, 0.3) is 5.91 Å². The topological polar surface area (TPSA) is 96.2 Å². The molecular formula is C15H18N4O4. The molecule has 4 amide bonds. The Hall–Kier alpha value is -2.45. The molecule has 2 atom stereocenters. The average molecular weight is 318 g/mol. The third kappa shape index (κ3) is 2.90. The van der Waals surface area contributed by atoms with Crippen LogP contribution in [0.15, 0.2) is 30.3 Å². The Morgan fingerprint density at radius 2 is 2.09 bits per heavy atom. The van der Waals surface area contributed by atoms with Crippen molar-refractivity contribution in [1.29, 1.82) is 0 Å². The quantitative estimate of drug-likeness (QED) is 0.363. The van der Waals surface area contributed by atoms with E-state index in [1.165, 1.54) is 9.96 Å². The van der Waals surface area contributed by atoms with Gasteiger partial charge in [-0.2, -0.15) is 5.06 Å². The van der Waals surface area contributed by atoms with Crippen LogP contribution in [0.4, 0.5) is 4.79 Å². The van der Waals surface area contributed by atoms with E-state index in [1.807, 2.05) is 30.3 Å². The van der Waals surface area contributed by atoms with E-state index >= 15 is 0 Å². The van der Waals surface area contributed by atoms with Gasteiger partial charge in [0.2, 0.25) is 6.41 Å². The van der Waals surface area contributed by atoms with Crippen LogP contribution in [0.25, 0.3) is 0 Å². The number of rotatable bonds is 5. The van der Waals surface area contributed by atoms with Crippen LogP contribution in [0.3, 0.4) is 0 Å². The second-order valence-electron chi connectivity index (χ2n) is 5.62. The maximum Gasteiger partial charge on any atom is 0.345 e. The van der Waals surface area contributed by atoms with Crippen LogP contribution in [-0.2, 0) is 21.0 Å². The first-order valence-corrected chi connectivity index (χ1v) is 7.41. The Morgan fingerprint density at radius 3 is 2.78 bits per heavy atom. The number of hydrogen-bond acceptors (Lipinski definition) is 5. The third-order valence-corrected chi connectivity index (χ3v) is 4.19. The Bertz CT molecular complexity index is 609. The van der Waals surface area contributed by atoms with Crippen LogP contribution >= 0.6 is 0 Å². The highest BCUT2D eigenvalue weighted by atomic mass is 16.7. The van der Waals surface area contributed by atoms with Gasteiger partial charge in [0.05, 0.1) is 6.04 Å². The minimum Gasteiger partial charge on any atom is -0.309 e. The summed E-state index contributed by atoms with van der Waals surface area (Å²) in [4.78, 5) is 42.2. The van der Waals surface area contributed by atoms with E-state index in [9.17, 15) is 14.4 Å². The number of hydrogen-bond donors (Lipinski definition) is 1. The zero-order valence-corrected chi connectivity index (χ0v) is 12.5. The van der Waals surface area contributed by atoms with Crippen LogP contribution in [0, 0.1) is 0 Å². The highest BCUT2D eigenvalue weighted by Crippen LogP contribution is 2.30. The number of hydrazine groups is 1. The fraction of sp³-hybridized carbons (Fsp3) is 0.400. The molecule has 1 aromatic rings. The summed E-state index contributed by atoms with van der Waals surface area (Å²) in [6.07, 6.45) is 1.33. The molecule has 1 aromatic carbocycles. The van der Waals surface area contributed by atoms with Gasteiger partial charge in [-0.15, -0.1) is 0 Å². The normalized spacial score (nSPS) is 23.1. The molecule has 2 saturated heterocycles. The van der Waals surface area contributed by atoms with Gasteiger partial charge in [-0.25, -0.2) is 15.6 Å². The van der Waals surface area contributed by atoms with Crippen LogP contribution < -0.4 is 5.84 Å². The molecule has 2 fully saturated rings. The van der Waals surface area contributed by atoms with Crippen LogP contribution in [0.5, 0.6) is 0 Å². The van der Waals surface area contributed by atoms with Crippen molar-refractivity contribution in [3.63, 3.8) is 0 Å². The smallest absolute Gasteiger partial charge is 0.309 e. The van der Waals surface area contributed by atoms with E-state index < -0.39 is 11.9 Å². The van der Waals surface area contributed by atoms with E-state index in [0.29, 0.717) is 24.4 Å². The largest absolute Gasteiger partial charge is 0.345 e. The number of hydroxylamine groups is 2. The third-order valence-electron chi connectivity index (χ3n) is 4.19. The molecule has 2 unspecified atom stereocenters. The van der Waals surface area contributed by atoms with E-state index in [0.717, 1.165) is 5.56 Å². The molecule has 2 heterocycles. The maximum atomic E-state index is 12.5. The predicted octanol–water partition coefficient (Wildman–Crippen LogP) is 0.246. The molecule has 2 aliphatic heterocycles. The number of carbonyl (C=O) groups is 3. The monoisotopic (exact) mass is 318 g/mol. The number of piperidine rings is 1. The predicted molar refractivity (Wildman–Crippen MR) is 79.1 cm³/mol. The fourth-order valence-electron chi connectivity index (χ4n) is 3.00. The molecule has 8 heteroatoms. The first-order valence-electron chi connectivity index (χ1n) is 7.41. The van der Waals surface area contributed by atoms with Crippen LogP contribution in [-0.4, -0.2) is 51.9 Å². The first kappa shape index (κ1) is 15.4. The van der Waals surface area contributed by atoms with Crippen LogP contribution in [0.1, 0.15) is 18.4 Å². The van der Waals surface area contributed by atoms with Crippen molar-refractivity contribution in [2.24, 2.45) is 5.84 Å². The fourth-order valence-corrected chi connectivity index (χ4v) is 3.00. The van der Waals surface area contributed by atoms with Gasteiger partial charge in [-0.3, -0.25) is 14.4 Å². The summed E-state index contributed by atoms with van der Waals surface area (Å²) in [6.45, 7) is 0.684. The molecule has 23 heavy (non-hydrogen) atoms. The molecule has 2 aliphatic rings. The Balaban J connectivity index is 1.66. The molecule has 0 aromatic heterocycles. The van der Waals surface area contributed by atoms with Gasteiger partial charge in [0, 0.05) is 6.54 Å². The highest BCUT2D eigenvalue weighted by molar-refractivity contribution is 5.93. The lowest BCUT2D eigenvalue weighted by Crippen LogP contribution is -2.52.